The topological polar surface area (TPSA) is 82.5 Å². The molecule has 2 aromatic carbocycles. The number of thioether (sulfide) groups is 1. The zero-order chi connectivity index (χ0) is 17.8. The van der Waals surface area contributed by atoms with E-state index in [-0.39, 0.29) is 5.82 Å². The van der Waals surface area contributed by atoms with Crippen molar-refractivity contribution in [3.05, 3.63) is 72.1 Å². The summed E-state index contributed by atoms with van der Waals surface area (Å²) in [6.07, 6.45) is 0. The summed E-state index contributed by atoms with van der Waals surface area (Å²) in [7, 11) is 0. The van der Waals surface area contributed by atoms with E-state index in [9.17, 15) is 4.39 Å². The minimum atomic E-state index is -0.305. The Hall–Kier alpha value is -3.07. The molecule has 0 saturated carbocycles. The van der Waals surface area contributed by atoms with Gasteiger partial charge in [-0.25, -0.2) is 4.39 Å². The highest BCUT2D eigenvalue weighted by Gasteiger charge is 2.11. The van der Waals surface area contributed by atoms with Crippen LogP contribution in [0.3, 0.4) is 0 Å². The molecule has 9 heteroatoms. The van der Waals surface area contributed by atoms with Crippen LogP contribution in [0, 0.1) is 5.82 Å². The third-order valence-corrected chi connectivity index (χ3v) is 4.46. The van der Waals surface area contributed by atoms with E-state index in [4.69, 9.17) is 4.42 Å². The molecule has 7 nitrogen and oxygen atoms in total. The third-order valence-electron chi connectivity index (χ3n) is 3.55. The van der Waals surface area contributed by atoms with Crippen molar-refractivity contribution < 1.29 is 8.81 Å². The number of hydrogen-bond donors (Lipinski definition) is 0. The lowest BCUT2D eigenvalue weighted by molar-refractivity contribution is 0.528. The molecule has 0 aliphatic rings. The van der Waals surface area contributed by atoms with Gasteiger partial charge in [0.15, 0.2) is 5.82 Å². The van der Waals surface area contributed by atoms with Gasteiger partial charge in [-0.2, -0.15) is 4.68 Å². The number of tetrazole rings is 1. The van der Waals surface area contributed by atoms with Crippen LogP contribution in [0.25, 0.3) is 17.1 Å². The molecular weight excluding hydrogens is 355 g/mol. The number of hydrogen-bond acceptors (Lipinski definition) is 7. The molecular formula is C17H13FN6OS. The Labute approximate surface area is 152 Å². The first-order valence-electron chi connectivity index (χ1n) is 7.78. The van der Waals surface area contributed by atoms with Crippen molar-refractivity contribution in [1.82, 2.24) is 30.4 Å². The van der Waals surface area contributed by atoms with E-state index in [1.165, 1.54) is 12.1 Å². The number of nitrogens with zero attached hydrogens (tertiary/aromatic N) is 6. The highest BCUT2D eigenvalue weighted by molar-refractivity contribution is 7.97. The number of halogens is 1. The largest absolute Gasteiger partial charge is 0.420 e. The van der Waals surface area contributed by atoms with Crippen LogP contribution >= 0.6 is 11.8 Å². The summed E-state index contributed by atoms with van der Waals surface area (Å²) >= 11 is 1.56. The zero-order valence-electron chi connectivity index (χ0n) is 13.5. The van der Waals surface area contributed by atoms with Crippen LogP contribution < -0.4 is 0 Å². The first kappa shape index (κ1) is 16.4. The van der Waals surface area contributed by atoms with Crippen molar-refractivity contribution in [2.24, 2.45) is 0 Å². The Morgan fingerprint density at radius 1 is 0.923 bits per heavy atom. The van der Waals surface area contributed by atoms with Crippen molar-refractivity contribution in [3.8, 4) is 17.1 Å². The third kappa shape index (κ3) is 3.62. The van der Waals surface area contributed by atoms with Gasteiger partial charge in [-0.3, -0.25) is 0 Å². The molecule has 0 aliphatic carbocycles. The summed E-state index contributed by atoms with van der Waals surface area (Å²) in [6, 6.07) is 15.6. The van der Waals surface area contributed by atoms with E-state index >= 15 is 0 Å². The van der Waals surface area contributed by atoms with Crippen LogP contribution in [0.1, 0.15) is 11.7 Å². The summed E-state index contributed by atoms with van der Waals surface area (Å²) in [5, 5.41) is 19.9. The summed E-state index contributed by atoms with van der Waals surface area (Å²) in [6.45, 7) is 0. The molecule has 0 spiro atoms. The van der Waals surface area contributed by atoms with Crippen molar-refractivity contribution in [3.63, 3.8) is 0 Å². The van der Waals surface area contributed by atoms with Crippen molar-refractivity contribution in [2.45, 2.75) is 11.5 Å². The second-order valence-electron chi connectivity index (χ2n) is 5.34. The maximum atomic E-state index is 13.0. The lowest BCUT2D eigenvalue weighted by atomic mass is 10.2. The highest BCUT2D eigenvalue weighted by Crippen LogP contribution is 2.22. The summed E-state index contributed by atoms with van der Waals surface area (Å²) < 4.78 is 20.3. The molecule has 0 N–H and O–H groups in total. The molecule has 0 bridgehead atoms. The van der Waals surface area contributed by atoms with Gasteiger partial charge in [-0.05, 0) is 46.8 Å². The molecule has 0 amide bonds. The first-order chi connectivity index (χ1) is 12.8. The fourth-order valence-corrected chi connectivity index (χ4v) is 3.07. The fourth-order valence-electron chi connectivity index (χ4n) is 2.32. The molecule has 26 heavy (non-hydrogen) atoms. The van der Waals surface area contributed by atoms with Gasteiger partial charge >= 0.3 is 0 Å². The second kappa shape index (κ2) is 7.44. The Balaban J connectivity index is 1.39. The van der Waals surface area contributed by atoms with Crippen LogP contribution in [-0.4, -0.2) is 30.4 Å². The van der Waals surface area contributed by atoms with Gasteiger partial charge in [-0.15, -0.1) is 27.1 Å². The monoisotopic (exact) mass is 368 g/mol. The molecule has 4 rings (SSSR count). The van der Waals surface area contributed by atoms with Crippen LogP contribution in [0.2, 0.25) is 0 Å². The number of benzene rings is 2. The second-order valence-corrected chi connectivity index (χ2v) is 6.33. The molecule has 2 aromatic heterocycles. The molecule has 0 unspecified atom stereocenters. The predicted octanol–water partition coefficient (Wildman–Crippen LogP) is 3.28. The first-order valence-corrected chi connectivity index (χ1v) is 8.94. The predicted molar refractivity (Wildman–Crippen MR) is 93.8 cm³/mol. The normalized spacial score (nSPS) is 11.0. The Morgan fingerprint density at radius 2 is 1.73 bits per heavy atom. The van der Waals surface area contributed by atoms with Crippen LogP contribution in [0.15, 0.2) is 59.0 Å². The molecule has 0 aliphatic heterocycles. The van der Waals surface area contributed by atoms with E-state index in [1.807, 2.05) is 30.3 Å². The van der Waals surface area contributed by atoms with Gasteiger partial charge in [0, 0.05) is 5.56 Å². The van der Waals surface area contributed by atoms with E-state index < -0.39 is 0 Å². The van der Waals surface area contributed by atoms with Gasteiger partial charge in [0.2, 0.25) is 11.8 Å². The maximum absolute atomic E-state index is 13.0. The summed E-state index contributed by atoms with van der Waals surface area (Å²) in [4.78, 5) is 0. The standard InChI is InChI=1S/C17H13FN6OS/c18-13-8-6-12(7-9-13)17-21-20-16(25-17)11-26-10-15-19-22-23-24(15)14-4-2-1-3-5-14/h1-9H,10-11H2. The van der Waals surface area contributed by atoms with Crippen molar-refractivity contribution in [2.75, 3.05) is 0 Å². The number of rotatable bonds is 6. The Kier molecular flexibility index (Phi) is 4.69. The highest BCUT2D eigenvalue weighted by atomic mass is 32.2. The molecule has 0 saturated heterocycles. The van der Waals surface area contributed by atoms with Crippen LogP contribution in [0.5, 0.6) is 0 Å². The van der Waals surface area contributed by atoms with Crippen molar-refractivity contribution >= 4 is 11.8 Å². The minimum absolute atomic E-state index is 0.305. The summed E-state index contributed by atoms with van der Waals surface area (Å²) in [5.74, 6) is 2.41. The van der Waals surface area contributed by atoms with Gasteiger partial charge in [0.1, 0.15) is 5.82 Å². The van der Waals surface area contributed by atoms with Crippen LogP contribution in [0.4, 0.5) is 4.39 Å². The lowest BCUT2D eigenvalue weighted by Crippen LogP contribution is -2.02. The fraction of sp³-hybridized carbons (Fsp3) is 0.118. The van der Waals surface area contributed by atoms with Crippen molar-refractivity contribution in [1.29, 1.82) is 0 Å². The van der Waals surface area contributed by atoms with E-state index in [1.54, 1.807) is 28.6 Å². The minimum Gasteiger partial charge on any atom is -0.420 e. The molecule has 0 radical (unpaired) electrons. The van der Waals surface area contributed by atoms with Gasteiger partial charge in [0.05, 0.1) is 17.2 Å². The van der Waals surface area contributed by atoms with Gasteiger partial charge in [0.25, 0.3) is 0 Å². The molecule has 0 atom stereocenters. The number of para-hydroxylation sites is 1. The van der Waals surface area contributed by atoms with Gasteiger partial charge in [-0.1, -0.05) is 18.2 Å². The SMILES string of the molecule is Fc1ccc(-c2nnc(CSCc3nnnn3-c3ccccc3)o2)cc1. The van der Waals surface area contributed by atoms with E-state index in [0.717, 1.165) is 11.5 Å². The smallest absolute Gasteiger partial charge is 0.247 e. The van der Waals surface area contributed by atoms with E-state index in [0.29, 0.717) is 28.9 Å². The number of aromatic nitrogens is 6. The molecule has 130 valence electrons. The Morgan fingerprint density at radius 3 is 2.54 bits per heavy atom. The molecule has 0 fully saturated rings. The maximum Gasteiger partial charge on any atom is 0.247 e. The lowest BCUT2D eigenvalue weighted by Gasteiger charge is -2.03. The van der Waals surface area contributed by atoms with Gasteiger partial charge < -0.3 is 4.42 Å². The summed E-state index contributed by atoms with van der Waals surface area (Å²) in [5.41, 5.74) is 1.59. The Bertz CT molecular complexity index is 986. The molecule has 2 heterocycles. The van der Waals surface area contributed by atoms with E-state index in [2.05, 4.69) is 25.7 Å². The average Bonchev–Trinajstić information content (AvgIpc) is 3.33. The quantitative estimate of drug-likeness (QED) is 0.516. The average molecular weight is 368 g/mol. The van der Waals surface area contributed by atoms with Crippen LogP contribution in [-0.2, 0) is 11.5 Å². The zero-order valence-corrected chi connectivity index (χ0v) is 14.3. The molecule has 4 aromatic rings.